The average molecular weight is 699 g/mol. The quantitative estimate of drug-likeness (QED) is 0.130. The van der Waals surface area contributed by atoms with Crippen LogP contribution in [0.4, 0.5) is 4.79 Å². The first kappa shape index (κ1) is 39.0. The highest BCUT2D eigenvalue weighted by Crippen LogP contribution is 2.47. The van der Waals surface area contributed by atoms with Crippen molar-refractivity contribution >= 4 is 41.4 Å². The smallest absolute Gasteiger partial charge is 0.315 e. The molecule has 0 radical (unpaired) electrons. The van der Waals surface area contributed by atoms with E-state index in [0.29, 0.717) is 38.6 Å². The van der Waals surface area contributed by atoms with Gasteiger partial charge in [0.25, 0.3) is 5.91 Å². The third-order valence-electron chi connectivity index (χ3n) is 10.8. The monoisotopic (exact) mass is 698 g/mol. The number of carbonyl (C=O) groups is 7. The highest BCUT2D eigenvalue weighted by molar-refractivity contribution is 6.38. The van der Waals surface area contributed by atoms with Gasteiger partial charge in [-0.15, -0.1) is 6.58 Å². The minimum atomic E-state index is -1.02. The Morgan fingerprint density at radius 1 is 0.880 bits per heavy atom. The summed E-state index contributed by atoms with van der Waals surface area (Å²) in [6.07, 6.45) is 9.09. The molecule has 4 aliphatic rings. The van der Waals surface area contributed by atoms with Crippen molar-refractivity contribution < 1.29 is 33.6 Å². The van der Waals surface area contributed by atoms with Gasteiger partial charge in [-0.2, -0.15) is 0 Å². The van der Waals surface area contributed by atoms with Gasteiger partial charge in [0.2, 0.25) is 29.4 Å². The van der Waals surface area contributed by atoms with E-state index in [4.69, 9.17) is 0 Å². The Morgan fingerprint density at radius 3 is 2.04 bits per heavy atom. The molecule has 13 heteroatoms. The predicted octanol–water partition coefficient (Wildman–Crippen LogP) is 2.97. The molecule has 7 amide bonds. The molecule has 50 heavy (non-hydrogen) atoms. The van der Waals surface area contributed by atoms with E-state index < -0.39 is 64.5 Å². The summed E-state index contributed by atoms with van der Waals surface area (Å²) in [5.74, 6) is -2.64. The van der Waals surface area contributed by atoms with Crippen LogP contribution >= 0.6 is 0 Å². The molecule has 4 atom stereocenters. The molecule has 0 bridgehead atoms. The van der Waals surface area contributed by atoms with Crippen molar-refractivity contribution in [3.63, 3.8) is 0 Å². The highest BCUT2D eigenvalue weighted by atomic mass is 16.2. The van der Waals surface area contributed by atoms with Gasteiger partial charge in [0.05, 0.1) is 12.1 Å². The van der Waals surface area contributed by atoms with Gasteiger partial charge in [-0.1, -0.05) is 73.3 Å². The van der Waals surface area contributed by atoms with Crippen LogP contribution in [-0.2, 0) is 28.8 Å². The van der Waals surface area contributed by atoms with Crippen LogP contribution in [0.5, 0.6) is 0 Å². The molecule has 0 aromatic rings. The van der Waals surface area contributed by atoms with Crippen LogP contribution < -0.4 is 21.3 Å². The second kappa shape index (κ2) is 15.6. The lowest BCUT2D eigenvalue weighted by atomic mass is 9.76. The minimum absolute atomic E-state index is 0.0273. The number of piperidine rings is 1. The second-order valence-electron chi connectivity index (χ2n) is 17.1. The minimum Gasteiger partial charge on any atom is -0.346 e. The van der Waals surface area contributed by atoms with Crippen LogP contribution in [0.25, 0.3) is 0 Å². The molecule has 2 heterocycles. The van der Waals surface area contributed by atoms with Gasteiger partial charge in [0.1, 0.15) is 12.1 Å². The number of urea groups is 1. The van der Waals surface area contributed by atoms with E-state index in [1.165, 1.54) is 15.9 Å². The Bertz CT molecular complexity index is 1330. The molecule has 278 valence electrons. The SMILES string of the molecule is C=CCNC(=O)C(=O)C(CC1CC1)NC(=O)[C@@H]1CCCN1C(=O)[C@@H](NC(=O)N[C@H](CN1C(=O)CC2(CCCC2)CC1=O)C(C)(C)C)C(C)(C)C. The summed E-state index contributed by atoms with van der Waals surface area (Å²) in [5.41, 5.74) is -1.51. The third kappa shape index (κ3) is 9.72. The largest absolute Gasteiger partial charge is 0.346 e. The van der Waals surface area contributed by atoms with Crippen LogP contribution in [-0.4, -0.2) is 95.0 Å². The molecule has 1 spiro atoms. The van der Waals surface area contributed by atoms with Crippen LogP contribution in [0.3, 0.4) is 0 Å². The van der Waals surface area contributed by atoms with Crippen molar-refractivity contribution in [2.24, 2.45) is 22.2 Å². The molecule has 2 saturated carbocycles. The molecular weight excluding hydrogens is 640 g/mol. The van der Waals surface area contributed by atoms with Gasteiger partial charge in [-0.25, -0.2) is 4.79 Å². The second-order valence-corrected chi connectivity index (χ2v) is 17.1. The Labute approximate surface area is 296 Å². The number of nitrogens with zero attached hydrogens (tertiary/aromatic N) is 2. The molecule has 2 aliphatic carbocycles. The molecule has 4 fully saturated rings. The Kier molecular flexibility index (Phi) is 12.2. The van der Waals surface area contributed by atoms with E-state index in [0.717, 1.165) is 38.5 Å². The summed E-state index contributed by atoms with van der Waals surface area (Å²) in [5, 5.41) is 11.0. The highest BCUT2D eigenvalue weighted by Gasteiger charge is 2.47. The van der Waals surface area contributed by atoms with Crippen molar-refractivity contribution in [1.82, 2.24) is 31.1 Å². The van der Waals surface area contributed by atoms with E-state index in [1.807, 2.05) is 41.5 Å². The van der Waals surface area contributed by atoms with Crippen molar-refractivity contribution in [3.05, 3.63) is 12.7 Å². The molecule has 13 nitrogen and oxygen atoms in total. The zero-order valence-corrected chi connectivity index (χ0v) is 30.8. The molecule has 2 aliphatic heterocycles. The van der Waals surface area contributed by atoms with Gasteiger partial charge in [-0.3, -0.25) is 33.7 Å². The molecule has 4 rings (SSSR count). The first-order valence-corrected chi connectivity index (χ1v) is 18.3. The number of likely N-dealkylation sites (tertiary alicyclic amines) is 2. The molecule has 0 aromatic heterocycles. The lowest BCUT2D eigenvalue weighted by Gasteiger charge is -2.41. The summed E-state index contributed by atoms with van der Waals surface area (Å²) < 4.78 is 0. The van der Waals surface area contributed by atoms with E-state index in [2.05, 4.69) is 27.8 Å². The first-order valence-electron chi connectivity index (χ1n) is 18.3. The van der Waals surface area contributed by atoms with Gasteiger partial charge < -0.3 is 26.2 Å². The number of ketones is 1. The normalized spacial score (nSPS) is 22.5. The standard InChI is InChI=1S/C37H58N6O7/c1-8-17-38-32(48)29(46)24(19-23-13-14-23)39-31(47)25-12-11-18-42(25)33(49)30(36(5,6)7)41-34(50)40-26(35(2,3)4)22-43-27(44)20-37(21-28(43)45)15-9-10-16-37/h8,23-26,30H,1,9-22H2,2-7H3,(H,38,48)(H,39,47)(H2,40,41,50)/t24?,25-,26+,30+/m0/s1. The Hall–Kier alpha value is -3.77. The van der Waals surface area contributed by atoms with E-state index in [1.54, 1.807) is 0 Å². The van der Waals surface area contributed by atoms with Crippen molar-refractivity contribution in [2.45, 2.75) is 136 Å². The summed E-state index contributed by atoms with van der Waals surface area (Å²) >= 11 is 0. The fourth-order valence-corrected chi connectivity index (χ4v) is 7.48. The maximum absolute atomic E-state index is 14.2. The molecule has 4 N–H and O–H groups in total. The number of carbonyl (C=O) groups excluding carboxylic acids is 7. The number of hydrogen-bond donors (Lipinski definition) is 4. The number of amides is 7. The van der Waals surface area contributed by atoms with E-state index in [-0.39, 0.29) is 36.2 Å². The van der Waals surface area contributed by atoms with Gasteiger partial charge >= 0.3 is 6.03 Å². The summed E-state index contributed by atoms with van der Waals surface area (Å²) in [7, 11) is 0. The topological polar surface area (TPSA) is 174 Å². The zero-order chi connectivity index (χ0) is 37.0. The van der Waals surface area contributed by atoms with E-state index >= 15 is 0 Å². The average Bonchev–Trinajstić information content (AvgIpc) is 3.50. The number of nitrogens with one attached hydrogen (secondary N) is 4. The number of Topliss-reactive ketones (excluding diaryl/α,β-unsaturated/α-hetero) is 1. The van der Waals surface area contributed by atoms with Crippen LogP contribution in [0.1, 0.15) is 112 Å². The van der Waals surface area contributed by atoms with Crippen molar-refractivity contribution in [3.8, 4) is 0 Å². The lowest BCUT2D eigenvalue weighted by Crippen LogP contribution is -2.62. The van der Waals surface area contributed by atoms with Crippen LogP contribution in [0.2, 0.25) is 0 Å². The Morgan fingerprint density at radius 2 is 1.50 bits per heavy atom. The van der Waals surface area contributed by atoms with Gasteiger partial charge in [-0.05, 0) is 54.3 Å². The number of hydrogen-bond acceptors (Lipinski definition) is 7. The molecule has 2 saturated heterocycles. The summed E-state index contributed by atoms with van der Waals surface area (Å²) in [4.78, 5) is 96.0. The zero-order valence-electron chi connectivity index (χ0n) is 30.8. The first-order chi connectivity index (χ1) is 23.3. The van der Waals surface area contributed by atoms with Crippen LogP contribution in [0.15, 0.2) is 12.7 Å². The maximum atomic E-state index is 14.2. The fourth-order valence-electron chi connectivity index (χ4n) is 7.48. The van der Waals surface area contributed by atoms with Gasteiger partial charge in [0, 0.05) is 32.5 Å². The maximum Gasteiger partial charge on any atom is 0.315 e. The van der Waals surface area contributed by atoms with E-state index in [9.17, 15) is 33.6 Å². The fraction of sp³-hybridized carbons (Fsp3) is 0.757. The van der Waals surface area contributed by atoms with Crippen molar-refractivity contribution in [1.29, 1.82) is 0 Å². The number of imide groups is 1. The summed E-state index contributed by atoms with van der Waals surface area (Å²) in [6, 6.07) is -4.12. The Balaban J connectivity index is 1.43. The summed E-state index contributed by atoms with van der Waals surface area (Å²) in [6.45, 7) is 15.2. The molecule has 0 aromatic carbocycles. The van der Waals surface area contributed by atoms with Crippen molar-refractivity contribution in [2.75, 3.05) is 19.6 Å². The predicted molar refractivity (Wildman–Crippen MR) is 187 cm³/mol. The third-order valence-corrected chi connectivity index (χ3v) is 10.8. The van der Waals surface area contributed by atoms with Crippen LogP contribution in [0, 0.1) is 22.2 Å². The van der Waals surface area contributed by atoms with Gasteiger partial charge in [0.15, 0.2) is 0 Å². The molecule has 1 unspecified atom stereocenters. The molecular formula is C37H58N6O7. The number of rotatable bonds is 13. The lowest BCUT2D eigenvalue weighted by molar-refractivity contribution is -0.154.